The van der Waals surface area contributed by atoms with Crippen molar-refractivity contribution in [3.8, 4) is 0 Å². The average Bonchev–Trinajstić information content (AvgIpc) is 2.54. The lowest BCUT2D eigenvalue weighted by Gasteiger charge is -2.39. The number of rotatable bonds is 6. The molecule has 5 heteroatoms. The smallest absolute Gasteiger partial charge is 0.239 e. The van der Waals surface area contributed by atoms with Gasteiger partial charge in [-0.1, -0.05) is 13.8 Å². The number of carbonyl (C=O) groups is 1. The van der Waals surface area contributed by atoms with Gasteiger partial charge in [0, 0.05) is 39.3 Å². The summed E-state index contributed by atoms with van der Waals surface area (Å²) >= 11 is 0. The maximum atomic E-state index is 12.7. The van der Waals surface area contributed by atoms with E-state index in [1.54, 1.807) is 0 Å². The van der Waals surface area contributed by atoms with E-state index in [2.05, 4.69) is 42.5 Å². The molecule has 0 aliphatic carbocycles. The van der Waals surface area contributed by atoms with E-state index in [1.807, 2.05) is 0 Å². The third-order valence-electron chi connectivity index (χ3n) is 5.12. The predicted octanol–water partition coefficient (Wildman–Crippen LogP) is 1.68. The van der Waals surface area contributed by atoms with E-state index in [1.165, 1.54) is 6.42 Å². The molecule has 2 heterocycles. The van der Waals surface area contributed by atoms with Crippen molar-refractivity contribution in [3.63, 3.8) is 0 Å². The Bertz CT molecular complexity index is 374. The average molecular weight is 325 g/mol. The summed E-state index contributed by atoms with van der Waals surface area (Å²) in [5.41, 5.74) is 0.169. The van der Waals surface area contributed by atoms with Crippen molar-refractivity contribution in [1.29, 1.82) is 0 Å². The van der Waals surface area contributed by atoms with Gasteiger partial charge in [0.1, 0.15) is 0 Å². The highest BCUT2D eigenvalue weighted by Gasteiger charge is 2.30. The Kier molecular flexibility index (Phi) is 6.86. The number of likely N-dealkylation sites (N-methyl/N-ethyl adjacent to an activating group) is 1. The van der Waals surface area contributed by atoms with Crippen LogP contribution >= 0.6 is 0 Å². The topological polar surface area (TPSA) is 36.0 Å². The highest BCUT2D eigenvalue weighted by molar-refractivity contribution is 5.81. The molecule has 1 amide bonds. The number of nitrogens with zero attached hydrogens (tertiary/aromatic N) is 3. The fraction of sp³-hybridized carbons (Fsp3) is 0.944. The number of likely N-dealkylation sites (tertiary alicyclic amines) is 1. The number of hydrogen-bond donors (Lipinski definition) is 0. The Hall–Kier alpha value is -0.650. The first-order valence-corrected chi connectivity index (χ1v) is 9.18. The van der Waals surface area contributed by atoms with Crippen LogP contribution in [-0.2, 0) is 9.53 Å². The molecule has 0 bridgehead atoms. The lowest BCUT2D eigenvalue weighted by atomic mass is 9.91. The van der Waals surface area contributed by atoms with Crippen LogP contribution in [0, 0.1) is 5.41 Å². The fourth-order valence-electron chi connectivity index (χ4n) is 3.79. The fourth-order valence-corrected chi connectivity index (χ4v) is 3.79. The lowest BCUT2D eigenvalue weighted by molar-refractivity contribution is -0.137. The molecular formula is C18H35N3O2. The molecular weight excluding hydrogens is 290 g/mol. The second-order valence-corrected chi connectivity index (χ2v) is 8.03. The number of amides is 1. The van der Waals surface area contributed by atoms with Gasteiger partial charge in [-0.2, -0.15) is 0 Å². The van der Waals surface area contributed by atoms with Gasteiger partial charge in [-0.15, -0.1) is 0 Å². The van der Waals surface area contributed by atoms with Gasteiger partial charge in [0.2, 0.25) is 5.91 Å². The molecule has 134 valence electrons. The van der Waals surface area contributed by atoms with Crippen molar-refractivity contribution in [2.45, 2.75) is 46.1 Å². The molecule has 1 unspecified atom stereocenters. The molecule has 2 aliphatic heterocycles. The predicted molar refractivity (Wildman–Crippen MR) is 93.6 cm³/mol. The molecule has 23 heavy (non-hydrogen) atoms. The van der Waals surface area contributed by atoms with Crippen LogP contribution in [0.25, 0.3) is 0 Å². The number of ether oxygens (including phenoxy) is 1. The summed E-state index contributed by atoms with van der Waals surface area (Å²) in [5.74, 6) is 0.300. The van der Waals surface area contributed by atoms with Crippen LogP contribution in [0.15, 0.2) is 0 Å². The number of morpholine rings is 1. The van der Waals surface area contributed by atoms with Crippen LogP contribution in [0.5, 0.6) is 0 Å². The van der Waals surface area contributed by atoms with Crippen molar-refractivity contribution < 1.29 is 9.53 Å². The van der Waals surface area contributed by atoms with Crippen LogP contribution in [0.3, 0.4) is 0 Å². The summed E-state index contributed by atoms with van der Waals surface area (Å²) in [6.07, 6.45) is 3.58. The molecule has 0 aromatic carbocycles. The highest BCUT2D eigenvalue weighted by Crippen LogP contribution is 2.21. The molecule has 1 atom stereocenters. The molecule has 0 aromatic rings. The second-order valence-electron chi connectivity index (χ2n) is 8.03. The van der Waals surface area contributed by atoms with Crippen LogP contribution in [-0.4, -0.2) is 86.2 Å². The maximum absolute atomic E-state index is 12.7. The summed E-state index contributed by atoms with van der Waals surface area (Å²) in [4.78, 5) is 19.4. The third kappa shape index (κ3) is 5.73. The zero-order valence-corrected chi connectivity index (χ0v) is 15.5. The Balaban J connectivity index is 1.82. The van der Waals surface area contributed by atoms with Gasteiger partial charge in [0.25, 0.3) is 0 Å². The van der Waals surface area contributed by atoms with Gasteiger partial charge in [0.15, 0.2) is 0 Å². The molecule has 0 saturated carbocycles. The number of piperidine rings is 1. The molecule has 0 radical (unpaired) electrons. The zero-order chi connectivity index (χ0) is 16.9. The van der Waals surface area contributed by atoms with E-state index in [-0.39, 0.29) is 11.5 Å². The minimum Gasteiger partial charge on any atom is -0.379 e. The van der Waals surface area contributed by atoms with Gasteiger partial charge in [-0.05, 0) is 38.6 Å². The van der Waals surface area contributed by atoms with Crippen molar-refractivity contribution in [3.05, 3.63) is 0 Å². The van der Waals surface area contributed by atoms with Crippen LogP contribution in [0.2, 0.25) is 0 Å². The van der Waals surface area contributed by atoms with Gasteiger partial charge in [-0.25, -0.2) is 0 Å². The van der Waals surface area contributed by atoms with Crippen molar-refractivity contribution >= 4 is 5.91 Å². The number of hydrogen-bond acceptors (Lipinski definition) is 4. The van der Waals surface area contributed by atoms with E-state index in [9.17, 15) is 4.79 Å². The summed E-state index contributed by atoms with van der Waals surface area (Å²) in [6, 6.07) is -0.0305. The Morgan fingerprint density at radius 1 is 1.13 bits per heavy atom. The van der Waals surface area contributed by atoms with Gasteiger partial charge in [0.05, 0.1) is 19.3 Å². The molecule has 0 aromatic heterocycles. The molecule has 2 fully saturated rings. The monoisotopic (exact) mass is 325 g/mol. The number of carbonyl (C=O) groups excluding carboxylic acids is 1. The zero-order valence-electron chi connectivity index (χ0n) is 15.5. The maximum Gasteiger partial charge on any atom is 0.239 e. The first kappa shape index (κ1) is 18.7. The normalized spacial score (nSPS) is 22.4. The minimum atomic E-state index is -0.0305. The van der Waals surface area contributed by atoms with E-state index < -0.39 is 0 Å². The van der Waals surface area contributed by atoms with E-state index in [0.29, 0.717) is 5.91 Å². The molecule has 5 nitrogen and oxygen atoms in total. The molecule has 2 aliphatic rings. The summed E-state index contributed by atoms with van der Waals surface area (Å²) < 4.78 is 5.43. The van der Waals surface area contributed by atoms with Gasteiger partial charge < -0.3 is 9.64 Å². The Morgan fingerprint density at radius 2 is 1.74 bits per heavy atom. The Morgan fingerprint density at radius 3 is 2.35 bits per heavy atom. The van der Waals surface area contributed by atoms with E-state index in [4.69, 9.17) is 4.74 Å². The van der Waals surface area contributed by atoms with E-state index in [0.717, 1.165) is 65.3 Å². The quantitative estimate of drug-likeness (QED) is 0.744. The SMILES string of the molecule is CC(C(=O)N1CCCCC1)N(C)CC(C)(C)CN1CCOCC1. The van der Waals surface area contributed by atoms with Gasteiger partial charge >= 0.3 is 0 Å². The Labute approximate surface area is 141 Å². The molecule has 0 N–H and O–H groups in total. The summed E-state index contributed by atoms with van der Waals surface area (Å²) in [7, 11) is 2.09. The molecule has 0 spiro atoms. The van der Waals surface area contributed by atoms with E-state index >= 15 is 0 Å². The van der Waals surface area contributed by atoms with Crippen molar-refractivity contribution in [2.75, 3.05) is 59.5 Å². The first-order chi connectivity index (χ1) is 10.9. The molecule has 2 rings (SSSR count). The van der Waals surface area contributed by atoms with Gasteiger partial charge in [-0.3, -0.25) is 14.6 Å². The second kappa shape index (κ2) is 8.45. The largest absolute Gasteiger partial charge is 0.379 e. The van der Waals surface area contributed by atoms with Crippen molar-refractivity contribution in [1.82, 2.24) is 14.7 Å². The standard InChI is InChI=1S/C18H35N3O2/c1-16(17(22)21-8-6-5-7-9-21)19(4)14-18(2,3)15-20-10-12-23-13-11-20/h16H,5-15H2,1-4H3. The van der Waals surface area contributed by atoms with Crippen LogP contribution in [0.1, 0.15) is 40.0 Å². The van der Waals surface area contributed by atoms with Crippen LogP contribution < -0.4 is 0 Å². The van der Waals surface area contributed by atoms with Crippen LogP contribution in [0.4, 0.5) is 0 Å². The highest BCUT2D eigenvalue weighted by atomic mass is 16.5. The minimum absolute atomic E-state index is 0.0305. The molecule has 2 saturated heterocycles. The summed E-state index contributed by atoms with van der Waals surface area (Å²) in [5, 5.41) is 0. The first-order valence-electron chi connectivity index (χ1n) is 9.18. The lowest BCUT2D eigenvalue weighted by Crippen LogP contribution is -2.51. The third-order valence-corrected chi connectivity index (χ3v) is 5.12. The summed E-state index contributed by atoms with van der Waals surface area (Å²) in [6.45, 7) is 14.3. The van der Waals surface area contributed by atoms with Crippen molar-refractivity contribution in [2.24, 2.45) is 5.41 Å².